The van der Waals surface area contributed by atoms with Gasteiger partial charge in [0.2, 0.25) is 0 Å². The molecule has 0 unspecified atom stereocenters. The Morgan fingerprint density at radius 2 is 0.900 bits per heavy atom. The highest BCUT2D eigenvalue weighted by Crippen LogP contribution is 2.28. The van der Waals surface area contributed by atoms with E-state index in [0.29, 0.717) is 49.2 Å². The van der Waals surface area contributed by atoms with Crippen molar-refractivity contribution < 1.29 is 15.6 Å². The molecular weight excluding hydrogens is 394 g/mol. The van der Waals surface area contributed by atoms with E-state index in [1.165, 1.54) is 0 Å². The minimum atomic E-state index is -0.303. The fraction of sp³-hybridized carbons (Fsp3) is 0.261. The predicted molar refractivity (Wildman–Crippen MR) is 135 cm³/mol. The van der Waals surface area contributed by atoms with Crippen LogP contribution in [-0.2, 0) is 0 Å². The SMILES string of the molecule is C=CCC(=NO)C([SiH3])(C=C)C=C.C=CCC(CC=C)=NO.C=CCC(CC=C)=NO. The zero-order valence-corrected chi connectivity index (χ0v) is 20.2. The molecular formula is C23H37N3O3Si. The van der Waals surface area contributed by atoms with E-state index in [2.05, 4.69) is 61.5 Å². The van der Waals surface area contributed by atoms with Gasteiger partial charge in [0.15, 0.2) is 0 Å². The van der Waals surface area contributed by atoms with Crippen molar-refractivity contribution in [1.82, 2.24) is 0 Å². The third-order valence-electron chi connectivity index (χ3n) is 3.73. The van der Waals surface area contributed by atoms with Crippen LogP contribution in [0.15, 0.2) is 104 Å². The van der Waals surface area contributed by atoms with Crippen LogP contribution >= 0.6 is 0 Å². The van der Waals surface area contributed by atoms with Crippen molar-refractivity contribution in [2.45, 2.75) is 37.1 Å². The van der Waals surface area contributed by atoms with Crippen molar-refractivity contribution in [2.24, 2.45) is 15.5 Å². The van der Waals surface area contributed by atoms with Gasteiger partial charge in [-0.15, -0.1) is 46.1 Å². The van der Waals surface area contributed by atoms with Crippen molar-refractivity contribution in [3.63, 3.8) is 0 Å². The molecule has 3 N–H and O–H groups in total. The quantitative estimate of drug-likeness (QED) is 0.122. The Morgan fingerprint density at radius 1 is 0.600 bits per heavy atom. The van der Waals surface area contributed by atoms with Gasteiger partial charge in [0.25, 0.3) is 0 Å². The molecule has 0 aromatic heterocycles. The van der Waals surface area contributed by atoms with Crippen LogP contribution in [0.25, 0.3) is 0 Å². The molecule has 0 fully saturated rings. The molecule has 30 heavy (non-hydrogen) atoms. The van der Waals surface area contributed by atoms with Crippen LogP contribution in [0.3, 0.4) is 0 Å². The van der Waals surface area contributed by atoms with Gasteiger partial charge in [-0.2, -0.15) is 0 Å². The summed E-state index contributed by atoms with van der Waals surface area (Å²) < 4.78 is 0. The molecule has 0 aliphatic heterocycles. The van der Waals surface area contributed by atoms with Gasteiger partial charge in [-0.3, -0.25) is 0 Å². The molecule has 0 atom stereocenters. The molecule has 0 aromatic rings. The van der Waals surface area contributed by atoms with Crippen molar-refractivity contribution in [1.29, 1.82) is 0 Å². The van der Waals surface area contributed by atoms with E-state index in [1.54, 1.807) is 42.5 Å². The molecule has 0 rings (SSSR count). The first-order valence-electron chi connectivity index (χ1n) is 9.26. The lowest BCUT2D eigenvalue weighted by molar-refractivity contribution is 0.316. The van der Waals surface area contributed by atoms with Gasteiger partial charge < -0.3 is 15.6 Å². The summed E-state index contributed by atoms with van der Waals surface area (Å²) in [6.07, 6.45) is 15.1. The van der Waals surface area contributed by atoms with Gasteiger partial charge in [-0.1, -0.05) is 58.0 Å². The van der Waals surface area contributed by atoms with Crippen molar-refractivity contribution in [2.75, 3.05) is 0 Å². The third kappa shape index (κ3) is 15.8. The highest BCUT2D eigenvalue weighted by molar-refractivity contribution is 6.33. The standard InChI is InChI=1S/C9H15NOSi.2C7H11NO/c1-4-7-8(10-11)9(12,5-2)6-3;2*1-3-5-7(8-9)6-4-2/h4-6,11H,1-3,7H2,12H3;2*3-4,9H,1-2,5-6H2. The van der Waals surface area contributed by atoms with Crippen molar-refractivity contribution >= 4 is 27.4 Å². The fourth-order valence-corrected chi connectivity index (χ4v) is 2.12. The molecule has 0 bridgehead atoms. The van der Waals surface area contributed by atoms with Crippen LogP contribution in [0.5, 0.6) is 0 Å². The zero-order valence-electron chi connectivity index (χ0n) is 18.2. The summed E-state index contributed by atoms with van der Waals surface area (Å²) in [5.74, 6) is 0. The van der Waals surface area contributed by atoms with E-state index < -0.39 is 0 Å². The molecule has 0 saturated heterocycles. The number of hydrogen-bond acceptors (Lipinski definition) is 6. The van der Waals surface area contributed by atoms with Crippen LogP contribution in [-0.4, -0.2) is 43.0 Å². The second-order valence-corrected chi connectivity index (χ2v) is 7.69. The average molecular weight is 432 g/mol. The molecule has 0 aliphatic rings. The van der Waals surface area contributed by atoms with E-state index in [4.69, 9.17) is 15.6 Å². The lowest BCUT2D eigenvalue weighted by Crippen LogP contribution is -2.19. The Balaban J connectivity index is -0.000000371. The maximum atomic E-state index is 8.72. The van der Waals surface area contributed by atoms with Gasteiger partial charge in [0, 0.05) is 47.4 Å². The number of hydrogen-bond donors (Lipinski definition) is 3. The van der Waals surface area contributed by atoms with Gasteiger partial charge >= 0.3 is 0 Å². The monoisotopic (exact) mass is 431 g/mol. The zero-order chi connectivity index (χ0) is 23.8. The number of allylic oxidation sites excluding steroid dienone is 7. The molecule has 0 aliphatic carbocycles. The smallest absolute Gasteiger partial charge is 0.0705 e. The van der Waals surface area contributed by atoms with E-state index >= 15 is 0 Å². The minimum absolute atomic E-state index is 0.303. The Kier molecular flexibility index (Phi) is 23.2. The van der Waals surface area contributed by atoms with Crippen LogP contribution in [0.2, 0.25) is 5.04 Å². The van der Waals surface area contributed by atoms with E-state index in [1.807, 2.05) is 0 Å². The summed E-state index contributed by atoms with van der Waals surface area (Å²) in [6.45, 7) is 25.0. The number of rotatable bonds is 13. The van der Waals surface area contributed by atoms with Gasteiger partial charge in [0.05, 0.1) is 17.1 Å². The lowest BCUT2D eigenvalue weighted by Gasteiger charge is -2.21. The second kappa shape index (κ2) is 22.1. The molecule has 0 spiro atoms. The van der Waals surface area contributed by atoms with Crippen molar-refractivity contribution in [3.05, 3.63) is 88.6 Å². The highest BCUT2D eigenvalue weighted by Gasteiger charge is 2.22. The Morgan fingerprint density at radius 3 is 1.07 bits per heavy atom. The molecule has 0 aromatic carbocycles. The molecule has 7 heteroatoms. The molecule has 0 saturated carbocycles. The first-order valence-corrected chi connectivity index (χ1v) is 10.3. The normalized spacial score (nSPS) is 9.80. The Hall–Kier alpha value is -3.19. The summed E-state index contributed by atoms with van der Waals surface area (Å²) in [5, 5.41) is 34.3. The second-order valence-electron chi connectivity index (χ2n) is 6.03. The van der Waals surface area contributed by atoms with E-state index in [9.17, 15) is 0 Å². The Bertz CT molecular complexity index is 586. The van der Waals surface area contributed by atoms with Crippen LogP contribution in [0.1, 0.15) is 32.1 Å². The van der Waals surface area contributed by atoms with Gasteiger partial charge in [-0.05, 0) is 0 Å². The molecule has 0 amide bonds. The van der Waals surface area contributed by atoms with Crippen LogP contribution < -0.4 is 0 Å². The van der Waals surface area contributed by atoms with Crippen molar-refractivity contribution in [3.8, 4) is 0 Å². The first-order chi connectivity index (χ1) is 14.3. The summed E-state index contributed by atoms with van der Waals surface area (Å²) in [7, 11) is 0.802. The summed E-state index contributed by atoms with van der Waals surface area (Å²) in [5.41, 5.74) is 2.05. The fourth-order valence-electron chi connectivity index (χ4n) is 1.82. The minimum Gasteiger partial charge on any atom is -0.411 e. The topological polar surface area (TPSA) is 97.8 Å². The summed E-state index contributed by atoms with van der Waals surface area (Å²) in [4.78, 5) is 0. The lowest BCUT2D eigenvalue weighted by atomic mass is 9.99. The molecule has 166 valence electrons. The third-order valence-corrected chi connectivity index (χ3v) is 5.12. The maximum absolute atomic E-state index is 8.72. The molecule has 0 heterocycles. The number of oxime groups is 3. The molecule has 0 radical (unpaired) electrons. The predicted octanol–water partition coefficient (Wildman–Crippen LogP) is 5.23. The van der Waals surface area contributed by atoms with Gasteiger partial charge in [0.1, 0.15) is 0 Å². The van der Waals surface area contributed by atoms with E-state index in [-0.39, 0.29) is 5.04 Å². The van der Waals surface area contributed by atoms with Gasteiger partial charge in [-0.25, -0.2) is 0 Å². The largest absolute Gasteiger partial charge is 0.411 e. The average Bonchev–Trinajstić information content (AvgIpc) is 2.77. The highest BCUT2D eigenvalue weighted by atomic mass is 28.1. The summed E-state index contributed by atoms with van der Waals surface area (Å²) in [6, 6.07) is 0. The number of nitrogens with zero attached hydrogens (tertiary/aromatic N) is 3. The maximum Gasteiger partial charge on any atom is 0.0705 e. The molecule has 6 nitrogen and oxygen atoms in total. The van der Waals surface area contributed by atoms with E-state index in [0.717, 1.165) is 10.2 Å². The van der Waals surface area contributed by atoms with Crippen LogP contribution in [0, 0.1) is 0 Å². The summed E-state index contributed by atoms with van der Waals surface area (Å²) >= 11 is 0. The Labute approximate surface area is 184 Å². The van der Waals surface area contributed by atoms with Crippen LogP contribution in [0.4, 0.5) is 0 Å². The first kappa shape index (κ1) is 31.5.